The molecule has 0 fully saturated rings. The third-order valence-corrected chi connectivity index (χ3v) is 5.40. The average molecular weight is 474 g/mol. The number of allylic oxidation sites excluding steroid dienone is 1. The first-order valence-corrected chi connectivity index (χ1v) is 9.10. The smallest absolute Gasteiger partial charge is 0.261 e. The van der Waals surface area contributed by atoms with Crippen LogP contribution < -0.4 is 16.6 Å². The molecule has 0 spiro atoms. The molecule has 2 rings (SSSR count). The van der Waals surface area contributed by atoms with Crippen molar-refractivity contribution >= 4 is 48.7 Å². The third-order valence-electron chi connectivity index (χ3n) is 3.55. The maximum Gasteiger partial charge on any atom is 0.261 e. The molecule has 1 aromatic carbocycles. The fourth-order valence-electron chi connectivity index (χ4n) is 2.05. The van der Waals surface area contributed by atoms with Gasteiger partial charge in [-0.1, -0.05) is 12.2 Å². The van der Waals surface area contributed by atoms with E-state index in [4.69, 9.17) is 5.73 Å². The third kappa shape index (κ3) is 4.97. The molecule has 7 nitrogen and oxygen atoms in total. The van der Waals surface area contributed by atoms with Crippen molar-refractivity contribution in [3.63, 3.8) is 0 Å². The van der Waals surface area contributed by atoms with E-state index < -0.39 is 18.1 Å². The first kappa shape index (κ1) is 19.8. The van der Waals surface area contributed by atoms with E-state index in [-0.39, 0.29) is 12.1 Å². The lowest BCUT2D eigenvalue weighted by molar-refractivity contribution is -0.124. The molecule has 0 aliphatic rings. The topological polar surface area (TPSA) is 110 Å². The molecule has 0 bridgehead atoms. The Morgan fingerprint density at radius 3 is 2.76 bits per heavy atom. The van der Waals surface area contributed by atoms with Crippen molar-refractivity contribution in [2.24, 2.45) is 5.73 Å². The van der Waals surface area contributed by atoms with Gasteiger partial charge in [0.05, 0.1) is 23.3 Å². The molecular weight excluding hydrogens is 456 g/mol. The van der Waals surface area contributed by atoms with E-state index in [0.717, 1.165) is 8.95 Å². The second kappa shape index (κ2) is 8.70. The number of aliphatic hydroxyl groups is 1. The monoisotopic (exact) mass is 472 g/mol. The Balaban J connectivity index is 2.02. The summed E-state index contributed by atoms with van der Waals surface area (Å²) in [5.74, 6) is -0.431. The number of nitrogens with two attached hydrogens (primary N) is 1. The zero-order valence-electron chi connectivity index (χ0n) is 13.4. The van der Waals surface area contributed by atoms with E-state index in [2.05, 4.69) is 42.2 Å². The molecule has 1 aromatic heterocycles. The van der Waals surface area contributed by atoms with Gasteiger partial charge in [-0.3, -0.25) is 14.2 Å². The number of amides is 1. The number of rotatable bonds is 6. The lowest BCUT2D eigenvalue weighted by Crippen LogP contribution is -2.47. The minimum absolute atomic E-state index is 0.150. The zero-order valence-corrected chi connectivity index (χ0v) is 16.6. The lowest BCUT2D eigenvalue weighted by Gasteiger charge is -2.13. The van der Waals surface area contributed by atoms with Crippen molar-refractivity contribution in [2.75, 3.05) is 6.54 Å². The van der Waals surface area contributed by atoms with E-state index in [1.165, 1.54) is 17.8 Å². The van der Waals surface area contributed by atoms with Crippen LogP contribution in [0.25, 0.3) is 10.9 Å². The van der Waals surface area contributed by atoms with Crippen LogP contribution in [0.3, 0.4) is 0 Å². The number of fused-ring (bicyclic) bond motifs is 1. The SMILES string of the molecule is C[C@@H](O)[C@H](N)C(=O)NC/C=C/Cn1cnc2cc(Br)c(Br)cc2c1=O. The summed E-state index contributed by atoms with van der Waals surface area (Å²) in [6, 6.07) is 2.55. The van der Waals surface area contributed by atoms with Crippen LogP contribution in [0.5, 0.6) is 0 Å². The highest BCUT2D eigenvalue weighted by Crippen LogP contribution is 2.26. The van der Waals surface area contributed by atoms with Crippen LogP contribution in [0.2, 0.25) is 0 Å². The molecule has 25 heavy (non-hydrogen) atoms. The van der Waals surface area contributed by atoms with Crippen molar-refractivity contribution in [3.8, 4) is 0 Å². The summed E-state index contributed by atoms with van der Waals surface area (Å²) in [6.45, 7) is 2.04. The molecule has 1 amide bonds. The molecule has 0 radical (unpaired) electrons. The molecule has 2 aromatic rings. The van der Waals surface area contributed by atoms with Crippen molar-refractivity contribution in [1.82, 2.24) is 14.9 Å². The van der Waals surface area contributed by atoms with Gasteiger partial charge in [-0.15, -0.1) is 0 Å². The second-order valence-electron chi connectivity index (χ2n) is 5.47. The Bertz CT molecular complexity index is 864. The highest BCUT2D eigenvalue weighted by atomic mass is 79.9. The van der Waals surface area contributed by atoms with Crippen LogP contribution in [-0.4, -0.2) is 39.3 Å². The van der Waals surface area contributed by atoms with Gasteiger partial charge in [-0.05, 0) is 50.9 Å². The highest BCUT2D eigenvalue weighted by Gasteiger charge is 2.17. The summed E-state index contributed by atoms with van der Waals surface area (Å²) in [5.41, 5.74) is 5.98. The summed E-state index contributed by atoms with van der Waals surface area (Å²) in [7, 11) is 0. The van der Waals surface area contributed by atoms with Crippen LogP contribution in [0.15, 0.2) is 44.4 Å². The molecule has 0 saturated heterocycles. The number of nitrogens with one attached hydrogen (secondary N) is 1. The number of aromatic nitrogens is 2. The molecule has 0 saturated carbocycles. The maximum atomic E-state index is 12.5. The standard InChI is InChI=1S/C16H18Br2N4O3/c1-9(23)14(19)15(24)20-4-2-3-5-22-8-21-13-7-12(18)11(17)6-10(13)16(22)25/h2-3,6-9,14,23H,4-5,19H2,1H3,(H,20,24)/b3-2+/t9-,14+/m1/s1. The predicted octanol–water partition coefficient (Wildman–Crippen LogP) is 1.30. The zero-order chi connectivity index (χ0) is 18.6. The van der Waals surface area contributed by atoms with Gasteiger partial charge in [-0.25, -0.2) is 4.98 Å². The fourth-order valence-corrected chi connectivity index (χ4v) is 2.73. The predicted molar refractivity (Wildman–Crippen MR) is 103 cm³/mol. The molecule has 134 valence electrons. The number of hydrogen-bond donors (Lipinski definition) is 3. The van der Waals surface area contributed by atoms with Gasteiger partial charge in [0.25, 0.3) is 5.56 Å². The van der Waals surface area contributed by atoms with E-state index in [1.807, 2.05) is 0 Å². The van der Waals surface area contributed by atoms with Gasteiger partial charge < -0.3 is 16.2 Å². The van der Waals surface area contributed by atoms with E-state index in [0.29, 0.717) is 17.4 Å². The van der Waals surface area contributed by atoms with Crippen LogP contribution in [0.1, 0.15) is 6.92 Å². The van der Waals surface area contributed by atoms with E-state index in [9.17, 15) is 14.7 Å². The van der Waals surface area contributed by atoms with Crippen molar-refractivity contribution in [2.45, 2.75) is 25.6 Å². The Kier molecular flexibility index (Phi) is 6.88. The van der Waals surface area contributed by atoms with Crippen LogP contribution in [0, 0.1) is 0 Å². The Labute approximate surface area is 161 Å². The number of carbonyl (C=O) groups excluding carboxylic acids is 1. The number of nitrogens with zero attached hydrogens (tertiary/aromatic N) is 2. The first-order chi connectivity index (χ1) is 11.8. The highest BCUT2D eigenvalue weighted by molar-refractivity contribution is 9.13. The van der Waals surface area contributed by atoms with Gasteiger partial charge in [0.1, 0.15) is 6.04 Å². The number of hydrogen-bond acceptors (Lipinski definition) is 5. The molecule has 0 aliphatic carbocycles. The second-order valence-corrected chi connectivity index (χ2v) is 7.18. The summed E-state index contributed by atoms with van der Waals surface area (Å²) in [4.78, 5) is 28.3. The number of halogens is 2. The molecular formula is C16H18Br2N4O3. The minimum atomic E-state index is -0.960. The molecule has 4 N–H and O–H groups in total. The van der Waals surface area contributed by atoms with Crippen LogP contribution in [0.4, 0.5) is 0 Å². The fraction of sp³-hybridized carbons (Fsp3) is 0.312. The van der Waals surface area contributed by atoms with Gasteiger partial charge in [0.15, 0.2) is 0 Å². The maximum absolute atomic E-state index is 12.5. The number of carbonyl (C=O) groups is 1. The normalized spacial score (nSPS) is 14.0. The first-order valence-electron chi connectivity index (χ1n) is 7.52. The Hall–Kier alpha value is -1.55. The van der Waals surface area contributed by atoms with E-state index >= 15 is 0 Å². The molecule has 1 heterocycles. The van der Waals surface area contributed by atoms with Gasteiger partial charge in [-0.2, -0.15) is 0 Å². The lowest BCUT2D eigenvalue weighted by atomic mass is 10.2. The summed E-state index contributed by atoms with van der Waals surface area (Å²) in [6.07, 6.45) is 4.03. The van der Waals surface area contributed by atoms with Crippen LogP contribution >= 0.6 is 31.9 Å². The quantitative estimate of drug-likeness (QED) is 0.547. The molecule has 9 heteroatoms. The number of aliphatic hydroxyl groups excluding tert-OH is 1. The van der Waals surface area contributed by atoms with Gasteiger partial charge in [0, 0.05) is 22.0 Å². The van der Waals surface area contributed by atoms with E-state index in [1.54, 1.807) is 24.3 Å². The largest absolute Gasteiger partial charge is 0.391 e. The molecule has 0 aliphatic heterocycles. The Morgan fingerprint density at radius 1 is 1.40 bits per heavy atom. The summed E-state index contributed by atoms with van der Waals surface area (Å²) in [5, 5.41) is 12.3. The van der Waals surface area contributed by atoms with Gasteiger partial charge in [0.2, 0.25) is 5.91 Å². The van der Waals surface area contributed by atoms with Gasteiger partial charge >= 0.3 is 0 Å². The molecule has 0 unspecified atom stereocenters. The summed E-state index contributed by atoms with van der Waals surface area (Å²) < 4.78 is 3.09. The van der Waals surface area contributed by atoms with Crippen LogP contribution in [-0.2, 0) is 11.3 Å². The number of benzene rings is 1. The van der Waals surface area contributed by atoms with Crippen molar-refractivity contribution in [3.05, 3.63) is 49.9 Å². The Morgan fingerprint density at radius 2 is 2.08 bits per heavy atom. The molecule has 2 atom stereocenters. The van der Waals surface area contributed by atoms with Crippen molar-refractivity contribution < 1.29 is 9.90 Å². The van der Waals surface area contributed by atoms with Crippen molar-refractivity contribution in [1.29, 1.82) is 0 Å². The average Bonchev–Trinajstić information content (AvgIpc) is 2.57. The summed E-state index contributed by atoms with van der Waals surface area (Å²) >= 11 is 6.76. The minimum Gasteiger partial charge on any atom is -0.391 e.